The summed E-state index contributed by atoms with van der Waals surface area (Å²) in [6.45, 7) is 4.82. The Hall–Kier alpha value is -1.40. The van der Waals surface area contributed by atoms with Gasteiger partial charge in [0.25, 0.3) is 0 Å². The number of nitrogens with zero attached hydrogens (tertiary/aromatic N) is 3. The van der Waals surface area contributed by atoms with Crippen molar-refractivity contribution in [1.82, 2.24) is 9.97 Å². The molecule has 0 atom stereocenters. The zero-order valence-corrected chi connectivity index (χ0v) is 12.7. The summed E-state index contributed by atoms with van der Waals surface area (Å²) in [6.07, 6.45) is 2.24. The molecule has 0 saturated carbocycles. The lowest BCUT2D eigenvalue weighted by Crippen LogP contribution is -2.30. The molecule has 1 saturated heterocycles. The third kappa shape index (κ3) is 2.71. The quantitative estimate of drug-likeness (QED) is 0.941. The number of aromatic nitrogens is 2. The Bertz CT molecular complexity index is 606. The van der Waals surface area contributed by atoms with Gasteiger partial charge in [-0.2, -0.15) is 4.98 Å². The molecule has 1 aliphatic rings. The van der Waals surface area contributed by atoms with E-state index in [1.165, 1.54) is 4.88 Å². The molecule has 1 fully saturated rings. The number of hydrogen-bond donors (Lipinski definition) is 1. The van der Waals surface area contributed by atoms with E-state index in [0.29, 0.717) is 11.9 Å². The van der Waals surface area contributed by atoms with Crippen LogP contribution >= 0.6 is 11.3 Å². The molecule has 0 spiro atoms. The van der Waals surface area contributed by atoms with E-state index in [2.05, 4.69) is 34.9 Å². The van der Waals surface area contributed by atoms with Gasteiger partial charge in [-0.05, 0) is 31.7 Å². The molecule has 0 bridgehead atoms. The van der Waals surface area contributed by atoms with Crippen LogP contribution in [-0.4, -0.2) is 36.8 Å². The minimum Gasteiger partial charge on any atom is -0.381 e. The number of ether oxygens (including phenoxy) is 1. The Labute approximate surface area is 122 Å². The average Bonchev–Trinajstić information content (AvgIpc) is 2.78. The van der Waals surface area contributed by atoms with E-state index in [0.717, 1.165) is 48.6 Å². The third-order valence-corrected chi connectivity index (χ3v) is 4.69. The maximum Gasteiger partial charge on any atom is 0.223 e. The van der Waals surface area contributed by atoms with E-state index in [-0.39, 0.29) is 0 Å². The highest BCUT2D eigenvalue weighted by Crippen LogP contribution is 2.31. The second-order valence-corrected chi connectivity index (χ2v) is 6.65. The molecule has 0 unspecified atom stereocenters. The topological polar surface area (TPSA) is 64.3 Å². The Morgan fingerprint density at radius 1 is 1.40 bits per heavy atom. The molecule has 2 aromatic heterocycles. The number of nitrogens with two attached hydrogens (primary N) is 1. The smallest absolute Gasteiger partial charge is 0.223 e. The van der Waals surface area contributed by atoms with Gasteiger partial charge in [0.2, 0.25) is 5.95 Å². The predicted octanol–water partition coefficient (Wildman–Crippen LogP) is 2.44. The lowest BCUT2D eigenvalue weighted by atomic mass is 10.00. The molecular formula is C14H20N4OS. The number of thiophene rings is 1. The van der Waals surface area contributed by atoms with Gasteiger partial charge in [-0.3, -0.25) is 0 Å². The molecule has 0 amide bonds. The molecule has 108 valence electrons. The van der Waals surface area contributed by atoms with Crippen molar-refractivity contribution < 1.29 is 4.74 Å². The number of rotatable bonds is 3. The van der Waals surface area contributed by atoms with E-state index < -0.39 is 0 Å². The lowest BCUT2D eigenvalue weighted by molar-refractivity contribution is 0.0685. The van der Waals surface area contributed by atoms with Crippen LogP contribution in [0, 0.1) is 12.8 Å². The number of hydrogen-bond acceptors (Lipinski definition) is 6. The van der Waals surface area contributed by atoms with Crippen LogP contribution in [0.3, 0.4) is 0 Å². The Morgan fingerprint density at radius 3 is 2.90 bits per heavy atom. The number of anilines is 2. The summed E-state index contributed by atoms with van der Waals surface area (Å²) in [5, 5.41) is 1.11. The summed E-state index contributed by atoms with van der Waals surface area (Å²) in [7, 11) is 2.09. The van der Waals surface area contributed by atoms with Crippen LogP contribution in [-0.2, 0) is 4.74 Å². The summed E-state index contributed by atoms with van der Waals surface area (Å²) in [5.74, 6) is 1.97. The van der Waals surface area contributed by atoms with Crippen LogP contribution in [0.5, 0.6) is 0 Å². The minimum atomic E-state index is 0.355. The second-order valence-electron chi connectivity index (χ2n) is 5.42. The zero-order valence-electron chi connectivity index (χ0n) is 11.9. The Balaban J connectivity index is 1.87. The molecule has 0 aromatic carbocycles. The molecule has 5 nitrogen and oxygen atoms in total. The number of fused-ring (bicyclic) bond motifs is 1. The van der Waals surface area contributed by atoms with Crippen molar-refractivity contribution in [2.75, 3.05) is 37.4 Å². The highest BCUT2D eigenvalue weighted by atomic mass is 32.1. The molecule has 2 aromatic rings. The fourth-order valence-corrected chi connectivity index (χ4v) is 3.62. The van der Waals surface area contributed by atoms with E-state index >= 15 is 0 Å². The highest BCUT2D eigenvalue weighted by Gasteiger charge is 2.19. The SMILES string of the molecule is Cc1cc2c(N(C)CC3CCOCC3)nc(N)nc2s1. The van der Waals surface area contributed by atoms with Gasteiger partial charge in [-0.15, -0.1) is 11.3 Å². The van der Waals surface area contributed by atoms with Crippen molar-refractivity contribution in [3.63, 3.8) is 0 Å². The van der Waals surface area contributed by atoms with Gasteiger partial charge >= 0.3 is 0 Å². The first-order valence-electron chi connectivity index (χ1n) is 6.96. The molecule has 6 heteroatoms. The van der Waals surface area contributed by atoms with Crippen molar-refractivity contribution in [2.45, 2.75) is 19.8 Å². The minimum absolute atomic E-state index is 0.355. The fourth-order valence-electron chi connectivity index (χ4n) is 2.74. The summed E-state index contributed by atoms with van der Waals surface area (Å²) in [6, 6.07) is 2.15. The summed E-state index contributed by atoms with van der Waals surface area (Å²) >= 11 is 1.67. The molecule has 20 heavy (non-hydrogen) atoms. The third-order valence-electron chi connectivity index (χ3n) is 3.75. The van der Waals surface area contributed by atoms with E-state index in [1.807, 2.05) is 0 Å². The summed E-state index contributed by atoms with van der Waals surface area (Å²) in [5.41, 5.74) is 5.84. The second kappa shape index (κ2) is 5.54. The predicted molar refractivity (Wildman–Crippen MR) is 83.4 cm³/mol. The fraction of sp³-hybridized carbons (Fsp3) is 0.571. The number of aryl methyl sites for hydroxylation is 1. The van der Waals surface area contributed by atoms with Gasteiger partial charge in [0.15, 0.2) is 0 Å². The van der Waals surface area contributed by atoms with Crippen molar-refractivity contribution in [2.24, 2.45) is 5.92 Å². The molecule has 1 aliphatic heterocycles. The maximum atomic E-state index is 5.84. The van der Waals surface area contributed by atoms with Crippen molar-refractivity contribution >= 4 is 33.3 Å². The first-order chi connectivity index (χ1) is 9.63. The molecule has 3 heterocycles. The van der Waals surface area contributed by atoms with Crippen molar-refractivity contribution in [1.29, 1.82) is 0 Å². The lowest BCUT2D eigenvalue weighted by Gasteiger charge is -2.28. The van der Waals surface area contributed by atoms with Gasteiger partial charge in [0, 0.05) is 31.7 Å². The first-order valence-corrected chi connectivity index (χ1v) is 7.77. The molecule has 0 aliphatic carbocycles. The van der Waals surface area contributed by atoms with Crippen molar-refractivity contribution in [3.8, 4) is 0 Å². The maximum absolute atomic E-state index is 5.84. The molecule has 3 rings (SSSR count). The number of nitrogen functional groups attached to an aromatic ring is 1. The monoisotopic (exact) mass is 292 g/mol. The van der Waals surface area contributed by atoms with Gasteiger partial charge < -0.3 is 15.4 Å². The standard InChI is InChI=1S/C14H20N4OS/c1-9-7-11-12(16-14(15)17-13(11)20-9)18(2)8-10-3-5-19-6-4-10/h7,10H,3-6,8H2,1-2H3,(H2,15,16,17). The van der Waals surface area contributed by atoms with Crippen LogP contribution in [0.25, 0.3) is 10.2 Å². The first kappa shape index (κ1) is 13.6. The van der Waals surface area contributed by atoms with Gasteiger partial charge in [-0.1, -0.05) is 0 Å². The molecular weight excluding hydrogens is 272 g/mol. The van der Waals surface area contributed by atoms with Crippen LogP contribution < -0.4 is 10.6 Å². The molecule has 0 radical (unpaired) electrons. The summed E-state index contributed by atoms with van der Waals surface area (Å²) < 4.78 is 5.42. The Kier molecular flexibility index (Phi) is 3.76. The van der Waals surface area contributed by atoms with E-state index in [4.69, 9.17) is 10.5 Å². The van der Waals surface area contributed by atoms with E-state index in [9.17, 15) is 0 Å². The average molecular weight is 292 g/mol. The summed E-state index contributed by atoms with van der Waals surface area (Å²) in [4.78, 5) is 13.2. The normalized spacial score (nSPS) is 16.7. The van der Waals surface area contributed by atoms with Crippen LogP contribution in [0.2, 0.25) is 0 Å². The molecule has 2 N–H and O–H groups in total. The van der Waals surface area contributed by atoms with Gasteiger partial charge in [0.1, 0.15) is 10.6 Å². The highest BCUT2D eigenvalue weighted by molar-refractivity contribution is 7.18. The largest absolute Gasteiger partial charge is 0.381 e. The van der Waals surface area contributed by atoms with Crippen LogP contribution in [0.1, 0.15) is 17.7 Å². The Morgan fingerprint density at radius 2 is 2.15 bits per heavy atom. The zero-order chi connectivity index (χ0) is 14.1. The van der Waals surface area contributed by atoms with E-state index in [1.54, 1.807) is 11.3 Å². The van der Waals surface area contributed by atoms with Crippen LogP contribution in [0.4, 0.5) is 11.8 Å². The van der Waals surface area contributed by atoms with Crippen LogP contribution in [0.15, 0.2) is 6.07 Å². The van der Waals surface area contributed by atoms with Gasteiger partial charge in [-0.25, -0.2) is 4.98 Å². The van der Waals surface area contributed by atoms with Gasteiger partial charge in [0.05, 0.1) is 5.39 Å². The van der Waals surface area contributed by atoms with Crippen molar-refractivity contribution in [3.05, 3.63) is 10.9 Å².